The highest BCUT2D eigenvalue weighted by Crippen LogP contribution is 2.41. The fourth-order valence-electron chi connectivity index (χ4n) is 2.48. The Hall–Kier alpha value is -1.70. The minimum atomic E-state index is 0.542. The Morgan fingerprint density at radius 2 is 2.28 bits per heavy atom. The van der Waals surface area contributed by atoms with E-state index in [2.05, 4.69) is 37.9 Å². The van der Waals surface area contributed by atoms with Gasteiger partial charge in [-0.25, -0.2) is 0 Å². The van der Waals surface area contributed by atoms with Gasteiger partial charge < -0.3 is 4.84 Å². The van der Waals surface area contributed by atoms with Gasteiger partial charge in [-0.1, -0.05) is 31.7 Å². The molecule has 1 aliphatic rings. The summed E-state index contributed by atoms with van der Waals surface area (Å²) >= 11 is 0. The first-order chi connectivity index (χ1) is 8.83. The molecule has 0 spiro atoms. The van der Waals surface area contributed by atoms with E-state index in [-0.39, 0.29) is 0 Å². The Morgan fingerprint density at radius 1 is 1.44 bits per heavy atom. The maximum Gasteiger partial charge on any atom is 0.133 e. The summed E-state index contributed by atoms with van der Waals surface area (Å²) in [7, 11) is 0. The van der Waals surface area contributed by atoms with Crippen LogP contribution in [0.25, 0.3) is 10.9 Å². The van der Waals surface area contributed by atoms with Gasteiger partial charge in [-0.3, -0.25) is 0 Å². The SMILES string of the molecule is C=CCOn1cc(CC)c2ccc(C3CC3)cc21. The molecule has 3 rings (SSSR count). The largest absolute Gasteiger partial charge is 0.410 e. The molecule has 0 atom stereocenters. The van der Waals surface area contributed by atoms with E-state index in [0.717, 1.165) is 12.3 Å². The molecule has 2 nitrogen and oxygen atoms in total. The zero-order valence-electron chi connectivity index (χ0n) is 10.9. The molecule has 0 aliphatic heterocycles. The molecule has 1 fully saturated rings. The number of benzene rings is 1. The first-order valence-electron chi connectivity index (χ1n) is 6.71. The van der Waals surface area contributed by atoms with Gasteiger partial charge in [0.15, 0.2) is 0 Å². The number of hydrogen-bond donors (Lipinski definition) is 0. The van der Waals surface area contributed by atoms with Gasteiger partial charge in [0.1, 0.15) is 6.61 Å². The zero-order valence-corrected chi connectivity index (χ0v) is 10.9. The Labute approximate surface area is 108 Å². The average molecular weight is 241 g/mol. The highest BCUT2D eigenvalue weighted by molar-refractivity contribution is 5.84. The van der Waals surface area contributed by atoms with Crippen molar-refractivity contribution in [1.82, 2.24) is 4.73 Å². The lowest BCUT2D eigenvalue weighted by Gasteiger charge is -2.06. The smallest absolute Gasteiger partial charge is 0.133 e. The van der Waals surface area contributed by atoms with E-state index >= 15 is 0 Å². The lowest BCUT2D eigenvalue weighted by Crippen LogP contribution is -2.09. The number of aryl methyl sites for hydroxylation is 1. The number of nitrogens with zero attached hydrogens (tertiary/aromatic N) is 1. The van der Waals surface area contributed by atoms with E-state index in [4.69, 9.17) is 4.84 Å². The van der Waals surface area contributed by atoms with E-state index in [1.807, 2.05) is 4.73 Å². The lowest BCUT2D eigenvalue weighted by molar-refractivity contribution is 0.146. The predicted octanol–water partition coefficient (Wildman–Crippen LogP) is 3.70. The van der Waals surface area contributed by atoms with Crippen LogP contribution in [0.1, 0.15) is 36.8 Å². The normalized spacial score (nSPS) is 14.9. The predicted molar refractivity (Wildman–Crippen MR) is 74.9 cm³/mol. The maximum atomic E-state index is 5.70. The van der Waals surface area contributed by atoms with Crippen LogP contribution >= 0.6 is 0 Å². The van der Waals surface area contributed by atoms with Crippen molar-refractivity contribution in [3.8, 4) is 0 Å². The van der Waals surface area contributed by atoms with Crippen LogP contribution in [0.3, 0.4) is 0 Å². The number of fused-ring (bicyclic) bond motifs is 1. The third-order valence-electron chi connectivity index (χ3n) is 3.64. The topological polar surface area (TPSA) is 14.2 Å². The lowest BCUT2D eigenvalue weighted by atomic mass is 10.1. The summed E-state index contributed by atoms with van der Waals surface area (Å²) in [5.74, 6) is 0.780. The highest BCUT2D eigenvalue weighted by atomic mass is 16.7. The van der Waals surface area contributed by atoms with Crippen LogP contribution in [0.4, 0.5) is 0 Å². The summed E-state index contributed by atoms with van der Waals surface area (Å²) in [6, 6.07) is 6.81. The van der Waals surface area contributed by atoms with Gasteiger partial charge in [0, 0.05) is 11.6 Å². The summed E-state index contributed by atoms with van der Waals surface area (Å²) in [5, 5.41) is 1.31. The summed E-state index contributed by atoms with van der Waals surface area (Å²) < 4.78 is 1.90. The first kappa shape index (κ1) is 11.4. The standard InChI is InChI=1S/C16H19NO/c1-3-9-18-17-11-12(4-2)15-8-7-14(10-16(15)17)13-5-6-13/h3,7-8,10-11,13H,1,4-6,9H2,2H3. The maximum absolute atomic E-state index is 5.70. The monoisotopic (exact) mass is 241 g/mol. The third kappa shape index (κ3) is 1.92. The van der Waals surface area contributed by atoms with Crippen molar-refractivity contribution in [3.63, 3.8) is 0 Å². The summed E-state index contributed by atoms with van der Waals surface area (Å²) in [5.41, 5.74) is 3.99. The molecule has 1 aromatic heterocycles. The van der Waals surface area contributed by atoms with Crippen LogP contribution in [0.15, 0.2) is 37.1 Å². The number of rotatable bonds is 5. The van der Waals surface area contributed by atoms with Gasteiger partial charge in [-0.2, -0.15) is 4.73 Å². The van der Waals surface area contributed by atoms with Crippen LogP contribution in [-0.4, -0.2) is 11.3 Å². The summed E-state index contributed by atoms with van der Waals surface area (Å²) in [4.78, 5) is 5.70. The average Bonchev–Trinajstić information content (AvgIpc) is 3.19. The van der Waals surface area contributed by atoms with E-state index in [1.165, 1.54) is 34.9 Å². The molecule has 2 aromatic rings. The summed E-state index contributed by atoms with van der Waals surface area (Å²) in [6.07, 6.45) is 7.58. The fraction of sp³-hybridized carbons (Fsp3) is 0.375. The zero-order chi connectivity index (χ0) is 12.5. The molecule has 0 N–H and O–H groups in total. The molecule has 0 bridgehead atoms. The second-order valence-electron chi connectivity index (χ2n) is 4.97. The van der Waals surface area contributed by atoms with Crippen LogP contribution in [0.5, 0.6) is 0 Å². The fourth-order valence-corrected chi connectivity index (χ4v) is 2.48. The van der Waals surface area contributed by atoms with E-state index in [0.29, 0.717) is 6.61 Å². The molecule has 1 aromatic carbocycles. The van der Waals surface area contributed by atoms with Crippen LogP contribution in [-0.2, 0) is 6.42 Å². The van der Waals surface area contributed by atoms with Crippen molar-refractivity contribution in [2.75, 3.05) is 6.61 Å². The van der Waals surface area contributed by atoms with Crippen molar-refractivity contribution in [2.45, 2.75) is 32.1 Å². The Morgan fingerprint density at radius 3 is 2.94 bits per heavy atom. The number of hydrogen-bond acceptors (Lipinski definition) is 1. The van der Waals surface area contributed by atoms with E-state index in [9.17, 15) is 0 Å². The van der Waals surface area contributed by atoms with Crippen molar-refractivity contribution < 1.29 is 4.84 Å². The quantitative estimate of drug-likeness (QED) is 0.728. The Kier molecular flexibility index (Phi) is 2.86. The van der Waals surface area contributed by atoms with Gasteiger partial charge in [0.05, 0.1) is 5.52 Å². The summed E-state index contributed by atoms with van der Waals surface area (Å²) in [6.45, 7) is 6.42. The van der Waals surface area contributed by atoms with Crippen molar-refractivity contribution in [1.29, 1.82) is 0 Å². The second-order valence-corrected chi connectivity index (χ2v) is 4.97. The van der Waals surface area contributed by atoms with Gasteiger partial charge in [-0.15, -0.1) is 0 Å². The van der Waals surface area contributed by atoms with E-state index in [1.54, 1.807) is 6.08 Å². The molecule has 94 valence electrons. The first-order valence-corrected chi connectivity index (χ1v) is 6.71. The minimum Gasteiger partial charge on any atom is -0.410 e. The van der Waals surface area contributed by atoms with Crippen molar-refractivity contribution >= 4 is 10.9 Å². The minimum absolute atomic E-state index is 0.542. The van der Waals surface area contributed by atoms with Gasteiger partial charge >= 0.3 is 0 Å². The van der Waals surface area contributed by atoms with Gasteiger partial charge in [0.2, 0.25) is 0 Å². The van der Waals surface area contributed by atoms with Crippen molar-refractivity contribution in [2.24, 2.45) is 0 Å². The molecular formula is C16H19NO. The molecule has 1 heterocycles. The molecule has 2 heteroatoms. The molecular weight excluding hydrogens is 222 g/mol. The number of aromatic nitrogens is 1. The van der Waals surface area contributed by atoms with Gasteiger partial charge in [0.25, 0.3) is 0 Å². The molecule has 0 radical (unpaired) electrons. The second kappa shape index (κ2) is 4.52. The molecule has 1 saturated carbocycles. The van der Waals surface area contributed by atoms with E-state index < -0.39 is 0 Å². The van der Waals surface area contributed by atoms with Crippen LogP contribution in [0, 0.1) is 0 Å². The molecule has 0 saturated heterocycles. The molecule has 18 heavy (non-hydrogen) atoms. The van der Waals surface area contributed by atoms with Crippen LogP contribution in [0.2, 0.25) is 0 Å². The van der Waals surface area contributed by atoms with Crippen LogP contribution < -0.4 is 4.84 Å². The highest BCUT2D eigenvalue weighted by Gasteiger charge is 2.24. The molecule has 0 amide bonds. The van der Waals surface area contributed by atoms with Crippen molar-refractivity contribution in [3.05, 3.63) is 48.2 Å². The van der Waals surface area contributed by atoms with Gasteiger partial charge in [-0.05, 0) is 42.4 Å². The Bertz CT molecular complexity index is 578. The molecule has 0 unspecified atom stereocenters. The third-order valence-corrected chi connectivity index (χ3v) is 3.64. The molecule has 1 aliphatic carbocycles. The Balaban J connectivity index is 2.07.